The SMILES string of the molecule is SOc1ccc2c(c1-c1cccc3c1OCO3)OCO2. The fourth-order valence-electron chi connectivity index (χ4n) is 2.41. The van der Waals surface area contributed by atoms with E-state index in [1.54, 1.807) is 12.1 Å². The van der Waals surface area contributed by atoms with Gasteiger partial charge in [-0.2, -0.15) is 0 Å². The summed E-state index contributed by atoms with van der Waals surface area (Å²) in [4.78, 5) is 0. The molecule has 2 heterocycles. The quantitative estimate of drug-likeness (QED) is 0.680. The van der Waals surface area contributed by atoms with Crippen LogP contribution in [0.2, 0.25) is 0 Å². The summed E-state index contributed by atoms with van der Waals surface area (Å²) < 4.78 is 27.0. The van der Waals surface area contributed by atoms with E-state index >= 15 is 0 Å². The second-order valence-electron chi connectivity index (χ2n) is 4.30. The van der Waals surface area contributed by atoms with Crippen LogP contribution in [0.4, 0.5) is 0 Å². The zero-order valence-electron chi connectivity index (χ0n) is 10.3. The lowest BCUT2D eigenvalue weighted by molar-refractivity contribution is 0.173. The Hall–Kier alpha value is -2.21. The van der Waals surface area contributed by atoms with Crippen LogP contribution in [0.3, 0.4) is 0 Å². The molecule has 0 unspecified atom stereocenters. The number of benzene rings is 2. The second kappa shape index (κ2) is 4.42. The average Bonchev–Trinajstić information content (AvgIpc) is 3.14. The first-order valence-electron chi connectivity index (χ1n) is 6.01. The molecule has 2 aromatic rings. The number of thiol groups is 1. The number of fused-ring (bicyclic) bond motifs is 2. The molecule has 0 atom stereocenters. The van der Waals surface area contributed by atoms with Gasteiger partial charge in [0.05, 0.1) is 5.56 Å². The average molecular weight is 290 g/mol. The number of ether oxygens (including phenoxy) is 4. The van der Waals surface area contributed by atoms with E-state index < -0.39 is 0 Å². The molecule has 4 rings (SSSR count). The molecule has 102 valence electrons. The van der Waals surface area contributed by atoms with Crippen molar-refractivity contribution in [2.75, 3.05) is 13.6 Å². The first kappa shape index (κ1) is 11.6. The molecule has 6 heteroatoms. The van der Waals surface area contributed by atoms with Crippen LogP contribution in [0, 0.1) is 0 Å². The maximum absolute atomic E-state index is 5.55. The number of hydrogen-bond acceptors (Lipinski definition) is 6. The molecule has 0 saturated carbocycles. The minimum Gasteiger partial charge on any atom is -0.454 e. The zero-order chi connectivity index (χ0) is 13.5. The molecule has 0 fully saturated rings. The zero-order valence-corrected chi connectivity index (χ0v) is 11.2. The fraction of sp³-hybridized carbons (Fsp3) is 0.143. The van der Waals surface area contributed by atoms with Crippen molar-refractivity contribution in [3.63, 3.8) is 0 Å². The van der Waals surface area contributed by atoms with Crippen molar-refractivity contribution in [3.05, 3.63) is 30.3 Å². The molecular weight excluding hydrogens is 280 g/mol. The monoisotopic (exact) mass is 290 g/mol. The van der Waals surface area contributed by atoms with Gasteiger partial charge in [0, 0.05) is 18.5 Å². The predicted molar refractivity (Wildman–Crippen MR) is 73.7 cm³/mol. The Morgan fingerprint density at radius 3 is 2.40 bits per heavy atom. The van der Waals surface area contributed by atoms with Crippen molar-refractivity contribution in [2.45, 2.75) is 0 Å². The van der Waals surface area contributed by atoms with E-state index in [0.717, 1.165) is 11.1 Å². The van der Waals surface area contributed by atoms with Gasteiger partial charge < -0.3 is 23.1 Å². The topological polar surface area (TPSA) is 46.2 Å². The van der Waals surface area contributed by atoms with Crippen molar-refractivity contribution in [1.29, 1.82) is 0 Å². The summed E-state index contributed by atoms with van der Waals surface area (Å²) in [5, 5.41) is 0. The summed E-state index contributed by atoms with van der Waals surface area (Å²) in [5.74, 6) is 3.24. The van der Waals surface area contributed by atoms with E-state index in [1.807, 2.05) is 18.2 Å². The Balaban J connectivity index is 1.99. The Morgan fingerprint density at radius 2 is 1.60 bits per heavy atom. The number of para-hydroxylation sites is 1. The first-order valence-corrected chi connectivity index (χ1v) is 6.38. The van der Waals surface area contributed by atoms with Gasteiger partial charge in [-0.25, -0.2) is 0 Å². The summed E-state index contributed by atoms with van der Waals surface area (Å²) in [6.07, 6.45) is 0. The van der Waals surface area contributed by atoms with Crippen LogP contribution < -0.4 is 23.1 Å². The van der Waals surface area contributed by atoms with Crippen LogP contribution in [0.15, 0.2) is 30.3 Å². The van der Waals surface area contributed by atoms with E-state index in [0.29, 0.717) is 28.7 Å². The van der Waals surface area contributed by atoms with Gasteiger partial charge in [0.15, 0.2) is 23.0 Å². The highest BCUT2D eigenvalue weighted by Gasteiger charge is 2.28. The summed E-state index contributed by atoms with van der Waals surface area (Å²) in [5.41, 5.74) is 1.57. The molecule has 0 spiro atoms. The van der Waals surface area contributed by atoms with E-state index in [9.17, 15) is 0 Å². The van der Waals surface area contributed by atoms with Crippen molar-refractivity contribution < 1.29 is 23.1 Å². The van der Waals surface area contributed by atoms with Gasteiger partial charge in [-0.05, 0) is 18.2 Å². The Bertz CT molecular complexity index is 686. The molecule has 0 aromatic heterocycles. The van der Waals surface area contributed by atoms with Crippen LogP contribution in [0.1, 0.15) is 0 Å². The summed E-state index contributed by atoms with van der Waals surface area (Å²) in [6.45, 7) is 0.389. The summed E-state index contributed by atoms with van der Waals surface area (Å²) in [6, 6.07) is 9.23. The molecule has 2 aliphatic heterocycles. The maximum atomic E-state index is 5.55. The van der Waals surface area contributed by atoms with Crippen molar-refractivity contribution in [1.82, 2.24) is 0 Å². The number of rotatable bonds is 2. The Morgan fingerprint density at radius 1 is 0.850 bits per heavy atom. The van der Waals surface area contributed by atoms with E-state index in [4.69, 9.17) is 23.1 Å². The highest BCUT2D eigenvalue weighted by atomic mass is 32.1. The van der Waals surface area contributed by atoms with Crippen molar-refractivity contribution >= 4 is 12.9 Å². The van der Waals surface area contributed by atoms with Crippen LogP contribution in [0.5, 0.6) is 28.7 Å². The molecule has 5 nitrogen and oxygen atoms in total. The molecular formula is C14H10O5S. The highest BCUT2D eigenvalue weighted by Crippen LogP contribution is 2.52. The van der Waals surface area contributed by atoms with Crippen LogP contribution in [-0.4, -0.2) is 13.6 Å². The third-order valence-corrected chi connectivity index (χ3v) is 3.46. The van der Waals surface area contributed by atoms with Gasteiger partial charge in [-0.15, -0.1) is 0 Å². The molecule has 2 aromatic carbocycles. The number of hydrogen-bond donors (Lipinski definition) is 1. The normalized spacial score (nSPS) is 14.4. The second-order valence-corrected chi connectivity index (χ2v) is 4.49. The lowest BCUT2D eigenvalue weighted by Gasteiger charge is -2.12. The van der Waals surface area contributed by atoms with Crippen molar-refractivity contribution in [3.8, 4) is 39.9 Å². The van der Waals surface area contributed by atoms with Gasteiger partial charge in [0.25, 0.3) is 0 Å². The van der Waals surface area contributed by atoms with Crippen molar-refractivity contribution in [2.24, 2.45) is 0 Å². The minimum atomic E-state index is 0.185. The van der Waals surface area contributed by atoms with Crippen LogP contribution in [0.25, 0.3) is 11.1 Å². The third-order valence-electron chi connectivity index (χ3n) is 3.27. The van der Waals surface area contributed by atoms with E-state index in [2.05, 4.69) is 12.9 Å². The van der Waals surface area contributed by atoms with Gasteiger partial charge in [-0.3, -0.25) is 0 Å². The molecule has 0 saturated heterocycles. The molecule has 20 heavy (non-hydrogen) atoms. The van der Waals surface area contributed by atoms with Gasteiger partial charge in [0.1, 0.15) is 5.75 Å². The largest absolute Gasteiger partial charge is 0.454 e. The highest BCUT2D eigenvalue weighted by molar-refractivity contribution is 7.75. The molecule has 0 N–H and O–H groups in total. The lowest BCUT2D eigenvalue weighted by atomic mass is 10.0. The molecule has 2 aliphatic rings. The molecule has 0 radical (unpaired) electrons. The van der Waals surface area contributed by atoms with Gasteiger partial charge in [-0.1, -0.05) is 12.1 Å². The summed E-state index contributed by atoms with van der Waals surface area (Å²) >= 11 is 3.91. The predicted octanol–water partition coefficient (Wildman–Crippen LogP) is 3.03. The van der Waals surface area contributed by atoms with Gasteiger partial charge >= 0.3 is 0 Å². The fourth-order valence-corrected chi connectivity index (χ4v) is 2.56. The Labute approximate surface area is 120 Å². The smallest absolute Gasteiger partial charge is 0.231 e. The lowest BCUT2D eigenvalue weighted by Crippen LogP contribution is -1.95. The maximum Gasteiger partial charge on any atom is 0.231 e. The molecule has 0 aliphatic carbocycles. The van der Waals surface area contributed by atoms with E-state index in [1.165, 1.54) is 0 Å². The van der Waals surface area contributed by atoms with Gasteiger partial charge in [0.2, 0.25) is 13.6 Å². The third kappa shape index (κ3) is 1.58. The van der Waals surface area contributed by atoms with E-state index in [-0.39, 0.29) is 13.6 Å². The summed E-state index contributed by atoms with van der Waals surface area (Å²) in [7, 11) is 0. The minimum absolute atomic E-state index is 0.185. The standard InChI is InChI=1S/C14H10O5S/c20-19-9-4-5-11-14(18-7-16-11)12(9)8-2-1-3-10-13(8)17-6-15-10/h1-5,20H,6-7H2. The molecule has 0 bridgehead atoms. The Kier molecular flexibility index (Phi) is 2.56. The van der Waals surface area contributed by atoms with Crippen LogP contribution >= 0.6 is 12.9 Å². The first-order chi connectivity index (χ1) is 9.88. The van der Waals surface area contributed by atoms with Crippen LogP contribution in [-0.2, 0) is 0 Å². The molecule has 0 amide bonds.